The van der Waals surface area contributed by atoms with Crippen molar-refractivity contribution in [3.8, 4) is 0 Å². The molecule has 4 nitrogen and oxygen atoms in total. The Balaban J connectivity index is 1.74. The van der Waals surface area contributed by atoms with Gasteiger partial charge in [-0.2, -0.15) is 18.3 Å². The lowest BCUT2D eigenvalue weighted by Crippen LogP contribution is -2.23. The molecule has 0 aliphatic rings. The number of nitrogens with zero attached hydrogens (tertiary/aromatic N) is 2. The van der Waals surface area contributed by atoms with Crippen LogP contribution in [0.15, 0.2) is 59.5 Å². The SMILES string of the molecule is O=c1c2ccccc2cnn1Cc1cc2cc(C(F)(F)F)ccc2[nH]1. The van der Waals surface area contributed by atoms with Crippen molar-refractivity contribution in [1.29, 1.82) is 0 Å². The Morgan fingerprint density at radius 3 is 2.64 bits per heavy atom. The molecule has 0 amide bonds. The molecule has 126 valence electrons. The van der Waals surface area contributed by atoms with Gasteiger partial charge >= 0.3 is 6.18 Å². The Morgan fingerprint density at radius 2 is 1.84 bits per heavy atom. The molecule has 25 heavy (non-hydrogen) atoms. The van der Waals surface area contributed by atoms with E-state index in [9.17, 15) is 18.0 Å². The fourth-order valence-corrected chi connectivity index (χ4v) is 2.86. The van der Waals surface area contributed by atoms with Gasteiger partial charge in [-0.1, -0.05) is 18.2 Å². The molecule has 0 radical (unpaired) electrons. The molecule has 0 aliphatic heterocycles. The summed E-state index contributed by atoms with van der Waals surface area (Å²) in [7, 11) is 0. The molecule has 1 N–H and O–H groups in total. The van der Waals surface area contributed by atoms with Crippen molar-refractivity contribution in [2.75, 3.05) is 0 Å². The van der Waals surface area contributed by atoms with Crippen molar-refractivity contribution in [3.63, 3.8) is 0 Å². The van der Waals surface area contributed by atoms with E-state index < -0.39 is 11.7 Å². The predicted molar refractivity (Wildman–Crippen MR) is 88.4 cm³/mol. The van der Waals surface area contributed by atoms with E-state index in [2.05, 4.69) is 10.1 Å². The first-order valence-electron chi connectivity index (χ1n) is 7.55. The number of benzene rings is 2. The first-order chi connectivity index (χ1) is 11.9. The molecule has 0 saturated heterocycles. The van der Waals surface area contributed by atoms with E-state index in [1.54, 1.807) is 30.5 Å². The zero-order chi connectivity index (χ0) is 17.6. The summed E-state index contributed by atoms with van der Waals surface area (Å²) in [6, 6.07) is 12.2. The third-order valence-electron chi connectivity index (χ3n) is 4.09. The number of alkyl halides is 3. The summed E-state index contributed by atoms with van der Waals surface area (Å²) in [4.78, 5) is 15.5. The van der Waals surface area contributed by atoms with E-state index in [0.29, 0.717) is 22.0 Å². The molecular weight excluding hydrogens is 331 g/mol. The largest absolute Gasteiger partial charge is 0.416 e. The summed E-state index contributed by atoms with van der Waals surface area (Å²) in [5, 5.41) is 5.87. The molecular formula is C18H12F3N3O. The van der Waals surface area contributed by atoms with Crippen LogP contribution in [-0.2, 0) is 12.7 Å². The number of rotatable bonds is 2. The second-order valence-corrected chi connectivity index (χ2v) is 5.79. The average molecular weight is 343 g/mol. The molecule has 0 saturated carbocycles. The van der Waals surface area contributed by atoms with Gasteiger partial charge in [-0.15, -0.1) is 0 Å². The van der Waals surface area contributed by atoms with Crippen LogP contribution < -0.4 is 5.56 Å². The molecule has 0 unspecified atom stereocenters. The number of aromatic amines is 1. The van der Waals surface area contributed by atoms with Crippen molar-refractivity contribution in [1.82, 2.24) is 14.8 Å². The highest BCUT2D eigenvalue weighted by molar-refractivity contribution is 5.82. The van der Waals surface area contributed by atoms with Gasteiger partial charge in [0.25, 0.3) is 5.56 Å². The van der Waals surface area contributed by atoms with Gasteiger partial charge in [0.05, 0.1) is 23.7 Å². The van der Waals surface area contributed by atoms with Crippen molar-refractivity contribution < 1.29 is 13.2 Å². The van der Waals surface area contributed by atoms with Gasteiger partial charge in [0, 0.05) is 22.0 Å². The van der Waals surface area contributed by atoms with Gasteiger partial charge in [0.15, 0.2) is 0 Å². The highest BCUT2D eigenvalue weighted by Gasteiger charge is 2.30. The van der Waals surface area contributed by atoms with Crippen LogP contribution in [0.3, 0.4) is 0 Å². The van der Waals surface area contributed by atoms with Gasteiger partial charge in [0.1, 0.15) is 0 Å². The number of halogens is 3. The second kappa shape index (κ2) is 5.47. The molecule has 2 aromatic heterocycles. The molecule has 0 fully saturated rings. The van der Waals surface area contributed by atoms with Gasteiger partial charge < -0.3 is 4.98 Å². The Labute approximate surface area is 139 Å². The highest BCUT2D eigenvalue weighted by Crippen LogP contribution is 2.31. The van der Waals surface area contributed by atoms with Crippen molar-refractivity contribution in [3.05, 3.63) is 76.3 Å². The van der Waals surface area contributed by atoms with Crippen LogP contribution in [0.2, 0.25) is 0 Å². The van der Waals surface area contributed by atoms with E-state index in [0.717, 1.165) is 17.5 Å². The lowest BCUT2D eigenvalue weighted by molar-refractivity contribution is -0.137. The summed E-state index contributed by atoms with van der Waals surface area (Å²) in [6.45, 7) is 0.152. The summed E-state index contributed by atoms with van der Waals surface area (Å²) < 4.78 is 39.7. The van der Waals surface area contributed by atoms with E-state index in [4.69, 9.17) is 0 Å². The molecule has 4 rings (SSSR count). The molecule has 2 heterocycles. The molecule has 0 atom stereocenters. The summed E-state index contributed by atoms with van der Waals surface area (Å²) >= 11 is 0. The fraction of sp³-hybridized carbons (Fsp3) is 0.111. The molecule has 2 aromatic carbocycles. The third-order valence-corrected chi connectivity index (χ3v) is 4.09. The number of nitrogens with one attached hydrogen (secondary N) is 1. The zero-order valence-corrected chi connectivity index (χ0v) is 12.8. The fourth-order valence-electron chi connectivity index (χ4n) is 2.86. The van der Waals surface area contributed by atoms with Gasteiger partial charge in [-0.25, -0.2) is 4.68 Å². The van der Waals surface area contributed by atoms with Crippen LogP contribution >= 0.6 is 0 Å². The molecule has 0 bridgehead atoms. The van der Waals surface area contributed by atoms with Gasteiger partial charge in [0.2, 0.25) is 0 Å². The van der Waals surface area contributed by atoms with Gasteiger partial charge in [-0.05, 0) is 30.3 Å². The maximum atomic E-state index is 12.8. The smallest absolute Gasteiger partial charge is 0.357 e. The minimum absolute atomic E-state index is 0.152. The Morgan fingerprint density at radius 1 is 1.04 bits per heavy atom. The van der Waals surface area contributed by atoms with Gasteiger partial charge in [-0.3, -0.25) is 4.79 Å². The van der Waals surface area contributed by atoms with E-state index in [-0.39, 0.29) is 12.1 Å². The van der Waals surface area contributed by atoms with Crippen molar-refractivity contribution in [2.24, 2.45) is 0 Å². The first-order valence-corrected chi connectivity index (χ1v) is 7.55. The van der Waals surface area contributed by atoms with Crippen molar-refractivity contribution >= 4 is 21.7 Å². The van der Waals surface area contributed by atoms with Crippen molar-refractivity contribution in [2.45, 2.75) is 12.7 Å². The third kappa shape index (κ3) is 2.77. The van der Waals surface area contributed by atoms with Crippen LogP contribution in [0.4, 0.5) is 13.2 Å². The molecule has 4 aromatic rings. The topological polar surface area (TPSA) is 50.7 Å². The maximum absolute atomic E-state index is 12.8. The van der Waals surface area contributed by atoms with Crippen LogP contribution in [0.1, 0.15) is 11.3 Å². The predicted octanol–water partition coefficient (Wildman–Crippen LogP) is 3.94. The number of hydrogen-bond donors (Lipinski definition) is 1. The van der Waals surface area contributed by atoms with Crippen LogP contribution in [0.5, 0.6) is 0 Å². The normalized spacial score (nSPS) is 12.1. The Hall–Kier alpha value is -3.09. The molecule has 0 spiro atoms. The minimum atomic E-state index is -4.39. The monoisotopic (exact) mass is 343 g/mol. The lowest BCUT2D eigenvalue weighted by atomic mass is 10.1. The van der Waals surface area contributed by atoms with E-state index in [1.807, 2.05) is 6.07 Å². The Kier molecular flexibility index (Phi) is 3.38. The maximum Gasteiger partial charge on any atom is 0.416 e. The second-order valence-electron chi connectivity index (χ2n) is 5.79. The zero-order valence-electron chi connectivity index (χ0n) is 12.8. The number of fused-ring (bicyclic) bond motifs is 2. The summed E-state index contributed by atoms with van der Waals surface area (Å²) in [5.74, 6) is 0. The van der Waals surface area contributed by atoms with Crippen LogP contribution in [-0.4, -0.2) is 14.8 Å². The Bertz CT molecular complexity index is 1140. The first kappa shape index (κ1) is 15.4. The number of hydrogen-bond acceptors (Lipinski definition) is 2. The van der Waals surface area contributed by atoms with Crippen LogP contribution in [0, 0.1) is 0 Å². The number of aromatic nitrogens is 3. The average Bonchev–Trinajstić information content (AvgIpc) is 2.98. The molecule has 0 aliphatic carbocycles. The standard InChI is InChI=1S/C18H12F3N3O/c19-18(20,21)13-5-6-16-12(7-13)8-14(23-16)10-24-17(25)15-4-2-1-3-11(15)9-22-24/h1-9,23H,10H2. The van der Waals surface area contributed by atoms with E-state index >= 15 is 0 Å². The minimum Gasteiger partial charge on any atom is -0.357 e. The van der Waals surface area contributed by atoms with E-state index in [1.165, 1.54) is 10.7 Å². The quantitative estimate of drug-likeness (QED) is 0.599. The highest BCUT2D eigenvalue weighted by atomic mass is 19.4. The summed E-state index contributed by atoms with van der Waals surface area (Å²) in [5.41, 5.74) is 0.246. The lowest BCUT2D eigenvalue weighted by Gasteiger charge is -2.05. The molecule has 7 heteroatoms. The number of H-pyrrole nitrogens is 1. The summed E-state index contributed by atoms with van der Waals surface area (Å²) in [6.07, 6.45) is -2.79. The van der Waals surface area contributed by atoms with Crippen LogP contribution in [0.25, 0.3) is 21.7 Å².